The first-order valence-electron chi connectivity index (χ1n) is 9.18. The first kappa shape index (κ1) is 22.6. The van der Waals surface area contributed by atoms with Gasteiger partial charge in [0.2, 0.25) is 11.8 Å². The number of carbonyl (C=O) groups excluding carboxylic acids is 4. The van der Waals surface area contributed by atoms with Crippen molar-refractivity contribution in [1.29, 1.82) is 0 Å². The molecule has 0 aromatic heterocycles. The summed E-state index contributed by atoms with van der Waals surface area (Å²) < 4.78 is 10.6. The molecular weight excluding hydrogens is 388 g/mol. The summed E-state index contributed by atoms with van der Waals surface area (Å²) in [5, 5.41) is 5.35. The smallest absolute Gasteiger partial charge is 0.231 e. The molecule has 2 rings (SSSR count). The van der Waals surface area contributed by atoms with Crippen molar-refractivity contribution in [3.05, 3.63) is 36.4 Å². The number of ether oxygens (including phenoxy) is 2. The summed E-state index contributed by atoms with van der Waals surface area (Å²) in [7, 11) is 2.96. The molecule has 0 aliphatic carbocycles. The number of rotatable bonds is 9. The summed E-state index contributed by atoms with van der Waals surface area (Å²) in [5.74, 6) is -0.486. The Morgan fingerprint density at radius 3 is 1.37 bits per heavy atom. The number of nitrogens with one attached hydrogen (secondary N) is 2. The maximum atomic E-state index is 12.0. The SMILES string of the molecule is COc1ccc(-c2ccc(OC)c(NC(=O)CC(C)=O)c2)cc1NC(=O)CC(C)=O. The van der Waals surface area contributed by atoms with Gasteiger partial charge < -0.3 is 20.1 Å². The van der Waals surface area contributed by atoms with Gasteiger partial charge in [-0.25, -0.2) is 0 Å². The minimum Gasteiger partial charge on any atom is -0.495 e. The first-order valence-corrected chi connectivity index (χ1v) is 9.18. The molecule has 0 radical (unpaired) electrons. The Hall–Kier alpha value is -3.68. The van der Waals surface area contributed by atoms with E-state index in [0.717, 1.165) is 11.1 Å². The molecule has 2 N–H and O–H groups in total. The van der Waals surface area contributed by atoms with Crippen LogP contribution in [0, 0.1) is 0 Å². The topological polar surface area (TPSA) is 111 Å². The van der Waals surface area contributed by atoms with Gasteiger partial charge in [0.1, 0.15) is 23.1 Å². The van der Waals surface area contributed by atoms with Gasteiger partial charge in [-0.2, -0.15) is 0 Å². The number of ketones is 2. The van der Waals surface area contributed by atoms with Crippen LogP contribution in [0.25, 0.3) is 11.1 Å². The largest absolute Gasteiger partial charge is 0.495 e. The van der Waals surface area contributed by atoms with Crippen molar-refractivity contribution in [1.82, 2.24) is 0 Å². The van der Waals surface area contributed by atoms with E-state index in [1.165, 1.54) is 28.1 Å². The number of amides is 2. The maximum absolute atomic E-state index is 12.0. The quantitative estimate of drug-likeness (QED) is 0.612. The Balaban J connectivity index is 2.38. The van der Waals surface area contributed by atoms with Crippen LogP contribution in [0.15, 0.2) is 36.4 Å². The average Bonchev–Trinajstić information content (AvgIpc) is 2.66. The zero-order chi connectivity index (χ0) is 22.3. The molecule has 0 unspecified atom stereocenters. The first-order chi connectivity index (χ1) is 14.2. The second-order valence-corrected chi connectivity index (χ2v) is 6.68. The van der Waals surface area contributed by atoms with E-state index < -0.39 is 11.8 Å². The van der Waals surface area contributed by atoms with E-state index in [0.29, 0.717) is 22.9 Å². The fourth-order valence-electron chi connectivity index (χ4n) is 2.81. The van der Waals surface area contributed by atoms with Gasteiger partial charge in [-0.05, 0) is 49.2 Å². The van der Waals surface area contributed by atoms with Gasteiger partial charge in [-0.1, -0.05) is 12.1 Å². The molecule has 158 valence electrons. The molecule has 2 aromatic carbocycles. The Kier molecular flexibility index (Phi) is 7.69. The zero-order valence-corrected chi connectivity index (χ0v) is 17.3. The summed E-state index contributed by atoms with van der Waals surface area (Å²) in [6.45, 7) is 2.68. The lowest BCUT2D eigenvalue weighted by Crippen LogP contribution is -2.15. The normalized spacial score (nSPS) is 10.1. The molecule has 30 heavy (non-hydrogen) atoms. The van der Waals surface area contributed by atoms with E-state index in [-0.39, 0.29) is 24.4 Å². The van der Waals surface area contributed by atoms with Crippen molar-refractivity contribution < 1.29 is 28.7 Å². The molecule has 2 aromatic rings. The van der Waals surface area contributed by atoms with Crippen molar-refractivity contribution in [2.45, 2.75) is 26.7 Å². The molecule has 0 aliphatic rings. The fraction of sp³-hybridized carbons (Fsp3) is 0.273. The number of hydrogen-bond acceptors (Lipinski definition) is 6. The van der Waals surface area contributed by atoms with E-state index in [1.807, 2.05) is 0 Å². The highest BCUT2D eigenvalue weighted by Gasteiger charge is 2.14. The highest BCUT2D eigenvalue weighted by atomic mass is 16.5. The van der Waals surface area contributed by atoms with E-state index in [2.05, 4.69) is 10.6 Å². The molecule has 0 heterocycles. The van der Waals surface area contributed by atoms with Crippen LogP contribution < -0.4 is 20.1 Å². The van der Waals surface area contributed by atoms with Crippen molar-refractivity contribution in [3.63, 3.8) is 0 Å². The van der Waals surface area contributed by atoms with Crippen LogP contribution in [-0.2, 0) is 19.2 Å². The average molecular weight is 412 g/mol. The minimum atomic E-state index is -0.440. The molecule has 0 aliphatic heterocycles. The van der Waals surface area contributed by atoms with E-state index in [1.54, 1.807) is 36.4 Å². The molecule has 0 bridgehead atoms. The molecule has 2 amide bonds. The molecule has 0 spiro atoms. The van der Waals surface area contributed by atoms with E-state index in [9.17, 15) is 19.2 Å². The molecule has 0 atom stereocenters. The minimum absolute atomic E-state index is 0.234. The van der Waals surface area contributed by atoms with Crippen LogP contribution in [0.4, 0.5) is 11.4 Å². The van der Waals surface area contributed by atoms with Crippen molar-refractivity contribution >= 4 is 34.8 Å². The van der Waals surface area contributed by atoms with Crippen LogP contribution in [0.3, 0.4) is 0 Å². The fourth-order valence-corrected chi connectivity index (χ4v) is 2.81. The standard InChI is InChI=1S/C22H24N2O6/c1-13(25)9-21(27)23-17-11-15(5-7-19(17)29-3)16-6-8-20(30-4)18(12-16)24-22(28)10-14(2)26/h5-8,11-12H,9-10H2,1-4H3,(H,23,27)(H,24,28). The van der Waals surface area contributed by atoms with Gasteiger partial charge in [0.05, 0.1) is 38.4 Å². The number of carbonyl (C=O) groups is 4. The van der Waals surface area contributed by atoms with Gasteiger partial charge >= 0.3 is 0 Å². The number of hydrogen-bond donors (Lipinski definition) is 2. The third kappa shape index (κ3) is 6.16. The number of methoxy groups -OCH3 is 2. The third-order valence-corrected chi connectivity index (χ3v) is 4.10. The summed E-state index contributed by atoms with van der Waals surface area (Å²) in [4.78, 5) is 46.4. The zero-order valence-electron chi connectivity index (χ0n) is 17.3. The second-order valence-electron chi connectivity index (χ2n) is 6.68. The Morgan fingerprint density at radius 1 is 0.700 bits per heavy atom. The summed E-state index contributed by atoms with van der Waals surface area (Å²) >= 11 is 0. The van der Waals surface area contributed by atoms with Crippen LogP contribution in [0.2, 0.25) is 0 Å². The highest BCUT2D eigenvalue weighted by Crippen LogP contribution is 2.34. The lowest BCUT2D eigenvalue weighted by atomic mass is 10.0. The van der Waals surface area contributed by atoms with Gasteiger partial charge in [-0.3, -0.25) is 19.2 Å². The van der Waals surface area contributed by atoms with Gasteiger partial charge in [0.25, 0.3) is 0 Å². The van der Waals surface area contributed by atoms with Crippen molar-refractivity contribution in [2.75, 3.05) is 24.9 Å². The molecular formula is C22H24N2O6. The van der Waals surface area contributed by atoms with Gasteiger partial charge in [0, 0.05) is 0 Å². The number of anilines is 2. The maximum Gasteiger partial charge on any atom is 0.231 e. The third-order valence-electron chi connectivity index (χ3n) is 4.10. The number of Topliss-reactive ketones (excluding diaryl/α,β-unsaturated/α-hetero) is 2. The Morgan fingerprint density at radius 2 is 1.07 bits per heavy atom. The van der Waals surface area contributed by atoms with E-state index >= 15 is 0 Å². The van der Waals surface area contributed by atoms with Crippen LogP contribution >= 0.6 is 0 Å². The molecule has 8 heteroatoms. The summed E-state index contributed by atoms with van der Waals surface area (Å²) in [5.41, 5.74) is 2.30. The van der Waals surface area contributed by atoms with Crippen LogP contribution in [-0.4, -0.2) is 37.6 Å². The molecule has 0 fully saturated rings. The van der Waals surface area contributed by atoms with Gasteiger partial charge in [-0.15, -0.1) is 0 Å². The monoisotopic (exact) mass is 412 g/mol. The summed E-state index contributed by atoms with van der Waals surface area (Å²) in [6.07, 6.45) is -0.468. The van der Waals surface area contributed by atoms with Crippen LogP contribution in [0.1, 0.15) is 26.7 Å². The van der Waals surface area contributed by atoms with Crippen molar-refractivity contribution in [3.8, 4) is 22.6 Å². The number of benzene rings is 2. The lowest BCUT2D eigenvalue weighted by molar-refractivity contribution is -0.125. The second kappa shape index (κ2) is 10.2. The molecule has 0 saturated carbocycles. The molecule has 0 saturated heterocycles. The van der Waals surface area contributed by atoms with Gasteiger partial charge in [0.15, 0.2) is 0 Å². The molecule has 8 nitrogen and oxygen atoms in total. The lowest BCUT2D eigenvalue weighted by Gasteiger charge is -2.14. The predicted molar refractivity (Wildman–Crippen MR) is 113 cm³/mol. The Labute approximate surface area is 174 Å². The Bertz CT molecular complexity index is 904. The van der Waals surface area contributed by atoms with Crippen molar-refractivity contribution in [2.24, 2.45) is 0 Å². The van der Waals surface area contributed by atoms with Crippen LogP contribution in [0.5, 0.6) is 11.5 Å². The predicted octanol–water partition coefficient (Wildman–Crippen LogP) is 3.21. The van der Waals surface area contributed by atoms with E-state index in [4.69, 9.17) is 9.47 Å². The highest BCUT2D eigenvalue weighted by molar-refractivity contribution is 6.05. The summed E-state index contributed by atoms with van der Waals surface area (Å²) in [6, 6.07) is 10.4.